The molecule has 0 bridgehead atoms. The summed E-state index contributed by atoms with van der Waals surface area (Å²) in [5, 5.41) is 14.2. The highest BCUT2D eigenvalue weighted by Gasteiger charge is 2.22. The van der Waals surface area contributed by atoms with Crippen LogP contribution < -0.4 is 15.0 Å². The van der Waals surface area contributed by atoms with Crippen LogP contribution in [-0.2, 0) is 0 Å². The summed E-state index contributed by atoms with van der Waals surface area (Å²) in [4.78, 5) is 38.3. The van der Waals surface area contributed by atoms with E-state index < -0.39 is 16.6 Å². The van der Waals surface area contributed by atoms with E-state index in [0.717, 1.165) is 0 Å². The van der Waals surface area contributed by atoms with Gasteiger partial charge in [0, 0.05) is 31.3 Å². The van der Waals surface area contributed by atoms with Crippen LogP contribution in [0.1, 0.15) is 26.3 Å². The van der Waals surface area contributed by atoms with Gasteiger partial charge in [0.15, 0.2) is 5.78 Å². The number of ketones is 1. The van der Waals surface area contributed by atoms with Crippen molar-refractivity contribution in [2.45, 2.75) is 0 Å². The molecule has 0 aliphatic heterocycles. The van der Waals surface area contributed by atoms with E-state index in [4.69, 9.17) is 4.74 Å². The van der Waals surface area contributed by atoms with Crippen molar-refractivity contribution in [3.63, 3.8) is 0 Å². The number of carbonyl (C=O) groups excluding carboxylic acids is 2. The van der Waals surface area contributed by atoms with E-state index in [0.29, 0.717) is 11.4 Å². The summed E-state index contributed by atoms with van der Waals surface area (Å²) in [5.74, 6) is -0.199. The van der Waals surface area contributed by atoms with Crippen LogP contribution in [0.15, 0.2) is 72.8 Å². The molecule has 0 unspecified atom stereocenters. The molecular weight excluding hydrogens is 410 g/mol. The minimum atomic E-state index is -0.530. The van der Waals surface area contributed by atoms with Crippen LogP contribution in [-0.4, -0.2) is 43.9 Å². The topological polar surface area (TPSA) is 102 Å². The van der Waals surface area contributed by atoms with Crippen molar-refractivity contribution in [2.24, 2.45) is 0 Å². The number of ether oxygens (including phenoxy) is 1. The number of nitrogens with one attached hydrogen (secondary N) is 1. The number of hydrogen-bond acceptors (Lipinski definition) is 6. The molecule has 0 aliphatic carbocycles. The van der Waals surface area contributed by atoms with Crippen LogP contribution in [0.4, 0.5) is 11.4 Å². The molecule has 3 aromatic rings. The van der Waals surface area contributed by atoms with Gasteiger partial charge in [0.25, 0.3) is 11.6 Å². The number of amides is 1. The minimum absolute atomic E-state index is 0.134. The molecule has 0 atom stereocenters. The first-order valence-corrected chi connectivity index (χ1v) is 9.94. The largest absolute Gasteiger partial charge is 0.492 e. The van der Waals surface area contributed by atoms with Gasteiger partial charge in [0.1, 0.15) is 18.0 Å². The van der Waals surface area contributed by atoms with Gasteiger partial charge in [0.05, 0.1) is 17.0 Å². The third kappa shape index (κ3) is 5.28. The van der Waals surface area contributed by atoms with Gasteiger partial charge in [-0.3, -0.25) is 19.7 Å². The van der Waals surface area contributed by atoms with Gasteiger partial charge in [-0.15, -0.1) is 0 Å². The van der Waals surface area contributed by atoms with E-state index in [1.165, 1.54) is 24.3 Å². The average molecular weight is 433 g/mol. The van der Waals surface area contributed by atoms with E-state index in [9.17, 15) is 19.7 Å². The number of carbonyl (C=O) groups is 2. The van der Waals surface area contributed by atoms with Gasteiger partial charge in [-0.1, -0.05) is 36.4 Å². The highest BCUT2D eigenvalue weighted by atomic mass is 16.6. The first-order chi connectivity index (χ1) is 15.4. The van der Waals surface area contributed by atoms with E-state index >= 15 is 0 Å². The summed E-state index contributed by atoms with van der Waals surface area (Å²) in [6.45, 7) is 0.517. The molecule has 8 heteroatoms. The van der Waals surface area contributed by atoms with Crippen molar-refractivity contribution >= 4 is 23.1 Å². The van der Waals surface area contributed by atoms with Gasteiger partial charge in [-0.25, -0.2) is 0 Å². The number of nitro groups is 1. The predicted molar refractivity (Wildman–Crippen MR) is 122 cm³/mol. The maximum absolute atomic E-state index is 13.1. The lowest BCUT2D eigenvalue weighted by Crippen LogP contribution is -2.29. The van der Waals surface area contributed by atoms with Crippen LogP contribution in [0.25, 0.3) is 0 Å². The van der Waals surface area contributed by atoms with Gasteiger partial charge in [-0.05, 0) is 30.3 Å². The van der Waals surface area contributed by atoms with Crippen LogP contribution in [0.5, 0.6) is 5.75 Å². The molecule has 1 amide bonds. The van der Waals surface area contributed by atoms with E-state index in [2.05, 4.69) is 5.32 Å². The molecule has 0 aliphatic rings. The van der Waals surface area contributed by atoms with E-state index in [-0.39, 0.29) is 35.5 Å². The molecule has 0 spiro atoms. The summed E-state index contributed by atoms with van der Waals surface area (Å²) in [6.07, 6.45) is 0. The highest BCUT2D eigenvalue weighted by Crippen LogP contribution is 2.29. The summed E-state index contributed by atoms with van der Waals surface area (Å²) in [5.41, 5.74) is 0.698. The molecule has 0 saturated carbocycles. The third-order valence-electron chi connectivity index (χ3n) is 4.73. The zero-order valence-corrected chi connectivity index (χ0v) is 17.8. The summed E-state index contributed by atoms with van der Waals surface area (Å²) in [6, 6.07) is 19.9. The Hall–Kier alpha value is -4.20. The molecule has 3 rings (SSSR count). The molecule has 164 valence electrons. The smallest absolute Gasteiger partial charge is 0.293 e. The first-order valence-electron chi connectivity index (χ1n) is 9.94. The molecule has 0 saturated heterocycles. The second kappa shape index (κ2) is 10.2. The maximum atomic E-state index is 13.1. The Morgan fingerprint density at radius 2 is 1.62 bits per heavy atom. The quantitative estimate of drug-likeness (QED) is 0.239. The Kier molecular flexibility index (Phi) is 7.17. The van der Waals surface area contributed by atoms with Crippen LogP contribution >= 0.6 is 0 Å². The molecule has 0 aromatic heterocycles. The zero-order chi connectivity index (χ0) is 23.1. The van der Waals surface area contributed by atoms with Crippen molar-refractivity contribution in [2.75, 3.05) is 32.1 Å². The number of rotatable bonds is 9. The van der Waals surface area contributed by atoms with Crippen molar-refractivity contribution < 1.29 is 19.2 Å². The van der Waals surface area contributed by atoms with Gasteiger partial charge in [-0.2, -0.15) is 0 Å². The Labute approximate surface area is 185 Å². The molecular formula is C24H23N3O5. The standard InChI is InChI=1S/C24H23N3O5/c1-26(2)21-13-12-17(16-22(21)27(30)31)23(28)19-10-6-7-11-20(19)24(29)25-14-15-32-18-8-4-3-5-9-18/h3-13,16H,14-15H2,1-2H3,(H,25,29). The molecule has 0 radical (unpaired) electrons. The molecule has 0 fully saturated rings. The fourth-order valence-corrected chi connectivity index (χ4v) is 3.17. The van der Waals surface area contributed by atoms with E-state index in [1.807, 2.05) is 30.3 Å². The number of benzene rings is 3. The Bertz CT molecular complexity index is 1130. The number of para-hydroxylation sites is 1. The monoisotopic (exact) mass is 433 g/mol. The fraction of sp³-hybridized carbons (Fsp3) is 0.167. The lowest BCUT2D eigenvalue weighted by molar-refractivity contribution is -0.384. The summed E-state index contributed by atoms with van der Waals surface area (Å²) in [7, 11) is 3.37. The van der Waals surface area contributed by atoms with Gasteiger partial charge in [0.2, 0.25) is 0 Å². The van der Waals surface area contributed by atoms with Crippen molar-refractivity contribution in [3.8, 4) is 5.75 Å². The lowest BCUT2D eigenvalue weighted by atomic mass is 9.97. The average Bonchev–Trinajstić information content (AvgIpc) is 2.81. The Balaban J connectivity index is 1.75. The Morgan fingerprint density at radius 1 is 0.969 bits per heavy atom. The van der Waals surface area contributed by atoms with Gasteiger partial charge < -0.3 is 15.0 Å². The highest BCUT2D eigenvalue weighted by molar-refractivity contribution is 6.15. The number of anilines is 1. The Morgan fingerprint density at radius 3 is 2.28 bits per heavy atom. The van der Waals surface area contributed by atoms with Crippen molar-refractivity contribution in [3.05, 3.63) is 99.6 Å². The molecule has 1 N–H and O–H groups in total. The van der Waals surface area contributed by atoms with Crippen LogP contribution in [0, 0.1) is 10.1 Å². The molecule has 0 heterocycles. The number of hydrogen-bond donors (Lipinski definition) is 1. The van der Waals surface area contributed by atoms with Crippen LogP contribution in [0.2, 0.25) is 0 Å². The molecule has 32 heavy (non-hydrogen) atoms. The second-order valence-corrected chi connectivity index (χ2v) is 7.15. The van der Waals surface area contributed by atoms with Gasteiger partial charge >= 0.3 is 0 Å². The summed E-state index contributed by atoms with van der Waals surface area (Å²) >= 11 is 0. The van der Waals surface area contributed by atoms with Crippen LogP contribution in [0.3, 0.4) is 0 Å². The van der Waals surface area contributed by atoms with Crippen molar-refractivity contribution in [1.29, 1.82) is 0 Å². The third-order valence-corrected chi connectivity index (χ3v) is 4.73. The first kappa shape index (κ1) is 22.5. The van der Waals surface area contributed by atoms with Crippen molar-refractivity contribution in [1.82, 2.24) is 5.32 Å². The summed E-state index contributed by atoms with van der Waals surface area (Å²) < 4.78 is 5.56. The maximum Gasteiger partial charge on any atom is 0.293 e. The zero-order valence-electron chi connectivity index (χ0n) is 17.8. The predicted octanol–water partition coefficient (Wildman–Crippen LogP) is 3.70. The second-order valence-electron chi connectivity index (χ2n) is 7.15. The molecule has 8 nitrogen and oxygen atoms in total. The normalized spacial score (nSPS) is 10.3. The number of nitrogens with zero attached hydrogens (tertiary/aromatic N) is 2. The van der Waals surface area contributed by atoms with E-state index in [1.54, 1.807) is 37.2 Å². The SMILES string of the molecule is CN(C)c1ccc(C(=O)c2ccccc2C(=O)NCCOc2ccccc2)cc1[N+](=O)[O-]. The molecule has 3 aromatic carbocycles. The number of nitro benzene ring substituents is 1. The minimum Gasteiger partial charge on any atom is -0.492 e. The fourth-order valence-electron chi connectivity index (χ4n) is 3.17. The lowest BCUT2D eigenvalue weighted by Gasteiger charge is -2.14.